The number of nitrogens with zero attached hydrogens (tertiary/aromatic N) is 2. The van der Waals surface area contributed by atoms with Gasteiger partial charge >= 0.3 is 5.97 Å². The predicted octanol–water partition coefficient (Wildman–Crippen LogP) is 5.16. The lowest BCUT2D eigenvalue weighted by molar-refractivity contribution is 0.0697. The van der Waals surface area contributed by atoms with Crippen molar-refractivity contribution in [2.75, 3.05) is 15.4 Å². The second kappa shape index (κ2) is 9.24. The molecule has 9 nitrogen and oxygen atoms in total. The number of aromatic nitrogens is 2. The molecule has 11 heteroatoms. The van der Waals surface area contributed by atoms with Gasteiger partial charge in [-0.05, 0) is 70.2 Å². The maximum Gasteiger partial charge on any atom is 0.335 e. The normalized spacial score (nSPS) is 11.7. The van der Waals surface area contributed by atoms with Crippen LogP contribution in [0.2, 0.25) is 5.02 Å². The van der Waals surface area contributed by atoms with E-state index in [1.54, 1.807) is 57.3 Å². The molecule has 33 heavy (non-hydrogen) atoms. The average Bonchev–Trinajstić information content (AvgIpc) is 2.72. The van der Waals surface area contributed by atoms with Crippen LogP contribution in [-0.2, 0) is 10.0 Å². The maximum atomic E-state index is 12.5. The summed E-state index contributed by atoms with van der Waals surface area (Å²) in [6, 6.07) is 11.1. The summed E-state index contributed by atoms with van der Waals surface area (Å²) in [5, 5.41) is 15.5. The fourth-order valence-electron chi connectivity index (χ4n) is 2.57. The summed E-state index contributed by atoms with van der Waals surface area (Å²) in [4.78, 5) is 19.7. The van der Waals surface area contributed by atoms with E-state index in [1.807, 2.05) is 6.92 Å². The lowest BCUT2D eigenvalue weighted by atomic mass is 10.2. The number of anilines is 5. The molecule has 3 rings (SSSR count). The van der Waals surface area contributed by atoms with Crippen LogP contribution in [0.4, 0.5) is 28.8 Å². The fraction of sp³-hybridized carbons (Fsp3) is 0.227. The molecule has 0 amide bonds. The minimum atomic E-state index is -3.66. The number of carboxylic acids is 1. The van der Waals surface area contributed by atoms with Crippen LogP contribution >= 0.6 is 11.6 Å². The molecule has 0 saturated heterocycles. The molecule has 0 bridgehead atoms. The van der Waals surface area contributed by atoms with Gasteiger partial charge in [-0.3, -0.25) is 4.72 Å². The Labute approximate surface area is 197 Å². The van der Waals surface area contributed by atoms with Gasteiger partial charge in [-0.1, -0.05) is 11.6 Å². The van der Waals surface area contributed by atoms with E-state index in [2.05, 4.69) is 25.3 Å². The van der Waals surface area contributed by atoms with E-state index in [0.29, 0.717) is 23.1 Å². The van der Waals surface area contributed by atoms with Crippen LogP contribution in [0.5, 0.6) is 0 Å². The average molecular weight is 490 g/mol. The molecule has 1 aromatic heterocycles. The minimum absolute atomic E-state index is 0.174. The molecule has 0 aliphatic rings. The number of rotatable bonds is 7. The first-order chi connectivity index (χ1) is 15.4. The summed E-state index contributed by atoms with van der Waals surface area (Å²) in [7, 11) is -3.66. The van der Waals surface area contributed by atoms with Crippen LogP contribution < -0.4 is 15.4 Å². The highest BCUT2D eigenvalue weighted by atomic mass is 35.5. The summed E-state index contributed by atoms with van der Waals surface area (Å²) in [5.74, 6) is -0.206. The second-order valence-corrected chi connectivity index (χ2v) is 11.1. The molecule has 0 fully saturated rings. The number of nitrogens with one attached hydrogen (secondary N) is 3. The third-order valence-electron chi connectivity index (χ3n) is 4.64. The van der Waals surface area contributed by atoms with Crippen LogP contribution in [0.3, 0.4) is 0 Å². The Morgan fingerprint density at radius 3 is 2.27 bits per heavy atom. The number of sulfonamides is 1. The monoisotopic (exact) mass is 489 g/mol. The molecule has 4 N–H and O–H groups in total. The van der Waals surface area contributed by atoms with E-state index >= 15 is 0 Å². The summed E-state index contributed by atoms with van der Waals surface area (Å²) in [6.45, 7) is 6.62. The van der Waals surface area contributed by atoms with Gasteiger partial charge in [0.15, 0.2) is 0 Å². The third kappa shape index (κ3) is 5.91. The van der Waals surface area contributed by atoms with E-state index in [9.17, 15) is 13.2 Å². The van der Waals surface area contributed by atoms with Crippen molar-refractivity contribution >= 4 is 56.4 Å². The van der Waals surface area contributed by atoms with Crippen LogP contribution in [0, 0.1) is 6.92 Å². The van der Waals surface area contributed by atoms with Gasteiger partial charge in [0.2, 0.25) is 16.0 Å². The minimum Gasteiger partial charge on any atom is -0.478 e. The molecule has 0 aliphatic heterocycles. The highest BCUT2D eigenvalue weighted by Crippen LogP contribution is 2.30. The summed E-state index contributed by atoms with van der Waals surface area (Å²) in [6.07, 6.45) is 1.63. The van der Waals surface area contributed by atoms with Crippen molar-refractivity contribution in [3.8, 4) is 0 Å². The van der Waals surface area contributed by atoms with Gasteiger partial charge in [-0.15, -0.1) is 0 Å². The van der Waals surface area contributed by atoms with Gasteiger partial charge in [0, 0.05) is 23.1 Å². The molecule has 0 atom stereocenters. The Hall–Kier alpha value is -3.37. The maximum absolute atomic E-state index is 12.5. The van der Waals surface area contributed by atoms with E-state index < -0.39 is 20.7 Å². The van der Waals surface area contributed by atoms with Gasteiger partial charge in [0.05, 0.1) is 21.0 Å². The van der Waals surface area contributed by atoms with Crippen LogP contribution in [-0.4, -0.2) is 34.2 Å². The molecule has 0 spiro atoms. The largest absolute Gasteiger partial charge is 0.478 e. The van der Waals surface area contributed by atoms with Gasteiger partial charge in [0.1, 0.15) is 5.82 Å². The lowest BCUT2D eigenvalue weighted by Crippen LogP contribution is -2.33. The molecule has 174 valence electrons. The van der Waals surface area contributed by atoms with Crippen molar-refractivity contribution in [3.05, 3.63) is 64.8 Å². The molecule has 0 aliphatic carbocycles. The Balaban J connectivity index is 1.83. The highest BCUT2D eigenvalue weighted by Gasteiger charge is 2.29. The first-order valence-corrected chi connectivity index (χ1v) is 11.7. The van der Waals surface area contributed by atoms with Crippen molar-refractivity contribution in [2.24, 2.45) is 0 Å². The van der Waals surface area contributed by atoms with Crippen molar-refractivity contribution in [1.29, 1.82) is 0 Å². The molecule has 3 aromatic rings. The standard InChI is InChI=1S/C22H24ClN5O4S/c1-13-12-24-21(26-15-7-5-14(6-8-15)20(29)30)27-19(13)25-16-9-10-17(23)18(11-16)28-33(31,32)22(2,3)4/h5-12,28H,1-4H3,(H,29,30)(H2,24,25,26,27). The van der Waals surface area contributed by atoms with E-state index in [4.69, 9.17) is 16.7 Å². The Bertz CT molecular complexity index is 1290. The van der Waals surface area contributed by atoms with Crippen LogP contribution in [0.25, 0.3) is 0 Å². The Kier molecular flexibility index (Phi) is 6.80. The van der Waals surface area contributed by atoms with Gasteiger partial charge in [0.25, 0.3) is 0 Å². The first kappa shape index (κ1) is 24.3. The zero-order valence-corrected chi connectivity index (χ0v) is 20.0. The molecular weight excluding hydrogens is 466 g/mol. The van der Waals surface area contributed by atoms with Crippen LogP contribution in [0.15, 0.2) is 48.7 Å². The van der Waals surface area contributed by atoms with Crippen molar-refractivity contribution in [2.45, 2.75) is 32.4 Å². The number of halogens is 1. The number of hydrogen-bond acceptors (Lipinski definition) is 7. The Morgan fingerprint density at radius 2 is 1.67 bits per heavy atom. The fourth-order valence-corrected chi connectivity index (χ4v) is 3.56. The summed E-state index contributed by atoms with van der Waals surface area (Å²) < 4.78 is 26.6. The zero-order chi connectivity index (χ0) is 24.4. The first-order valence-electron chi connectivity index (χ1n) is 9.89. The Morgan fingerprint density at radius 1 is 1.03 bits per heavy atom. The third-order valence-corrected chi connectivity index (χ3v) is 7.07. The summed E-state index contributed by atoms with van der Waals surface area (Å²) >= 11 is 6.21. The zero-order valence-electron chi connectivity index (χ0n) is 18.5. The van der Waals surface area contributed by atoms with Crippen molar-refractivity contribution in [3.63, 3.8) is 0 Å². The lowest BCUT2D eigenvalue weighted by Gasteiger charge is -2.21. The predicted molar refractivity (Wildman–Crippen MR) is 130 cm³/mol. The smallest absolute Gasteiger partial charge is 0.335 e. The number of aromatic carboxylic acids is 1. The van der Waals surface area contributed by atoms with Crippen LogP contribution in [0.1, 0.15) is 36.7 Å². The van der Waals surface area contributed by atoms with E-state index in [0.717, 1.165) is 5.56 Å². The highest BCUT2D eigenvalue weighted by molar-refractivity contribution is 7.94. The molecule has 0 unspecified atom stereocenters. The molecular formula is C22H24ClN5O4S. The second-order valence-electron chi connectivity index (χ2n) is 8.27. The number of carboxylic acid groups (broad SMARTS) is 1. The van der Waals surface area contributed by atoms with E-state index in [-0.39, 0.29) is 16.3 Å². The molecule has 2 aromatic carbocycles. The number of aryl methyl sites for hydroxylation is 1. The van der Waals surface area contributed by atoms with Gasteiger partial charge in [-0.25, -0.2) is 18.2 Å². The SMILES string of the molecule is Cc1cnc(Nc2ccc(C(=O)O)cc2)nc1Nc1ccc(Cl)c(NS(=O)(=O)C(C)(C)C)c1. The molecule has 0 saturated carbocycles. The molecule has 0 radical (unpaired) electrons. The number of benzene rings is 2. The molecule has 1 heterocycles. The van der Waals surface area contributed by atoms with E-state index in [1.165, 1.54) is 12.1 Å². The quantitative estimate of drug-likeness (QED) is 0.357. The van der Waals surface area contributed by atoms with Crippen molar-refractivity contribution in [1.82, 2.24) is 9.97 Å². The topological polar surface area (TPSA) is 133 Å². The van der Waals surface area contributed by atoms with Gasteiger partial charge < -0.3 is 15.7 Å². The summed E-state index contributed by atoms with van der Waals surface area (Å²) in [5.41, 5.74) is 2.38. The van der Waals surface area contributed by atoms with Crippen molar-refractivity contribution < 1.29 is 18.3 Å². The number of carbonyl (C=O) groups is 1. The van der Waals surface area contributed by atoms with Gasteiger partial charge in [-0.2, -0.15) is 4.98 Å². The number of hydrogen-bond donors (Lipinski definition) is 4.